The van der Waals surface area contributed by atoms with Crippen molar-refractivity contribution in [3.05, 3.63) is 27.7 Å². The van der Waals surface area contributed by atoms with Crippen LogP contribution in [-0.2, 0) is 16.6 Å². The molecule has 1 aromatic carbocycles. The van der Waals surface area contributed by atoms with Crippen molar-refractivity contribution in [2.75, 3.05) is 13.1 Å². The van der Waals surface area contributed by atoms with Crippen LogP contribution in [0.1, 0.15) is 12.5 Å². The fourth-order valence-corrected chi connectivity index (χ4v) is 3.36. The summed E-state index contributed by atoms with van der Waals surface area (Å²) in [4.78, 5) is -0.267. The van der Waals surface area contributed by atoms with Crippen molar-refractivity contribution in [3.63, 3.8) is 0 Å². The molecule has 20 heavy (non-hydrogen) atoms. The predicted octanol–water partition coefficient (Wildman–Crippen LogP) is 2.65. The van der Waals surface area contributed by atoms with E-state index in [1.807, 2.05) is 6.92 Å². The molecule has 0 bridgehead atoms. The van der Waals surface area contributed by atoms with Crippen molar-refractivity contribution in [1.82, 2.24) is 10.0 Å². The van der Waals surface area contributed by atoms with Crippen molar-refractivity contribution in [1.29, 1.82) is 0 Å². The van der Waals surface area contributed by atoms with Crippen LogP contribution in [0, 0.1) is 0 Å². The maximum atomic E-state index is 12.1. The minimum Gasteiger partial charge on any atom is -0.313 e. The SMILES string of the molecule is CCNCc1c(Cl)ccc(S(=O)(=O)NCC(F)F)c1Cl. The largest absolute Gasteiger partial charge is 0.313 e. The van der Waals surface area contributed by atoms with Crippen LogP contribution in [-0.4, -0.2) is 27.9 Å². The molecular weight excluding hydrogens is 333 g/mol. The van der Waals surface area contributed by atoms with Crippen LogP contribution < -0.4 is 10.0 Å². The van der Waals surface area contributed by atoms with Gasteiger partial charge in [-0.15, -0.1) is 0 Å². The molecule has 9 heteroatoms. The van der Waals surface area contributed by atoms with E-state index >= 15 is 0 Å². The fraction of sp³-hybridized carbons (Fsp3) is 0.455. The monoisotopic (exact) mass is 346 g/mol. The van der Waals surface area contributed by atoms with E-state index < -0.39 is 23.0 Å². The molecule has 0 aromatic heterocycles. The number of benzene rings is 1. The Morgan fingerprint density at radius 1 is 1.30 bits per heavy atom. The van der Waals surface area contributed by atoms with Gasteiger partial charge in [-0.3, -0.25) is 0 Å². The van der Waals surface area contributed by atoms with Crippen LogP contribution in [0.4, 0.5) is 8.78 Å². The maximum Gasteiger partial charge on any atom is 0.251 e. The predicted molar refractivity (Wildman–Crippen MR) is 75.0 cm³/mol. The summed E-state index contributed by atoms with van der Waals surface area (Å²) in [5.41, 5.74) is 0.412. The lowest BCUT2D eigenvalue weighted by Crippen LogP contribution is -2.29. The van der Waals surface area contributed by atoms with E-state index in [2.05, 4.69) is 5.32 Å². The van der Waals surface area contributed by atoms with Crippen molar-refractivity contribution in [2.24, 2.45) is 0 Å². The van der Waals surface area contributed by atoms with Crippen molar-refractivity contribution >= 4 is 33.2 Å². The van der Waals surface area contributed by atoms with Gasteiger partial charge in [-0.05, 0) is 18.7 Å². The molecule has 0 aliphatic carbocycles. The van der Waals surface area contributed by atoms with Crippen LogP contribution in [0.5, 0.6) is 0 Å². The van der Waals surface area contributed by atoms with E-state index in [1.165, 1.54) is 12.1 Å². The Morgan fingerprint density at radius 3 is 2.50 bits per heavy atom. The second-order valence-electron chi connectivity index (χ2n) is 3.86. The lowest BCUT2D eigenvalue weighted by atomic mass is 10.2. The highest BCUT2D eigenvalue weighted by Crippen LogP contribution is 2.31. The van der Waals surface area contributed by atoms with Gasteiger partial charge < -0.3 is 5.32 Å². The summed E-state index contributed by atoms with van der Waals surface area (Å²) in [7, 11) is -4.10. The standard InChI is InChI=1S/C11H14Cl2F2N2O2S/c1-2-16-5-7-8(12)3-4-9(11(7)13)20(18,19)17-6-10(14)15/h3-4,10,16-17H,2,5-6H2,1H3. The molecule has 0 fully saturated rings. The first-order valence-electron chi connectivity index (χ1n) is 5.75. The number of halogens is 4. The molecule has 1 aromatic rings. The van der Waals surface area contributed by atoms with Crippen molar-refractivity contribution < 1.29 is 17.2 Å². The number of alkyl halides is 2. The Kier molecular flexibility index (Phi) is 6.60. The molecule has 1 rings (SSSR count). The Hall–Kier alpha value is -0.470. The molecule has 2 N–H and O–H groups in total. The Labute approximate surface area is 126 Å². The summed E-state index contributed by atoms with van der Waals surface area (Å²) >= 11 is 12.0. The van der Waals surface area contributed by atoms with Gasteiger partial charge >= 0.3 is 0 Å². The minimum absolute atomic E-state index is 0.0692. The third-order valence-corrected chi connectivity index (χ3v) is 4.78. The maximum absolute atomic E-state index is 12.1. The van der Waals surface area contributed by atoms with Crippen LogP contribution in [0.3, 0.4) is 0 Å². The zero-order valence-corrected chi connectivity index (χ0v) is 12.9. The summed E-state index contributed by atoms with van der Waals surface area (Å²) in [6.45, 7) is 1.83. The highest BCUT2D eigenvalue weighted by molar-refractivity contribution is 7.89. The third-order valence-electron chi connectivity index (χ3n) is 2.42. The van der Waals surface area contributed by atoms with Crippen molar-refractivity contribution in [3.8, 4) is 0 Å². The van der Waals surface area contributed by atoms with Gasteiger partial charge in [-0.25, -0.2) is 21.9 Å². The highest BCUT2D eigenvalue weighted by atomic mass is 35.5. The van der Waals surface area contributed by atoms with E-state index in [-0.39, 0.29) is 16.5 Å². The van der Waals surface area contributed by atoms with Crippen molar-refractivity contribution in [2.45, 2.75) is 24.8 Å². The number of hydrogen-bond donors (Lipinski definition) is 2. The third kappa shape index (κ3) is 4.53. The van der Waals surface area contributed by atoms with Crippen LogP contribution >= 0.6 is 23.2 Å². The van der Waals surface area contributed by atoms with Gasteiger partial charge in [0.05, 0.1) is 11.6 Å². The van der Waals surface area contributed by atoms with E-state index in [1.54, 1.807) is 4.72 Å². The zero-order chi connectivity index (χ0) is 15.3. The van der Waals surface area contributed by atoms with E-state index in [4.69, 9.17) is 23.2 Å². The van der Waals surface area contributed by atoms with Gasteiger partial charge in [0.2, 0.25) is 10.0 Å². The first-order chi connectivity index (χ1) is 9.29. The molecule has 0 aliphatic heterocycles. The second-order valence-corrected chi connectivity index (χ2v) is 6.38. The lowest BCUT2D eigenvalue weighted by Gasteiger charge is -2.13. The van der Waals surface area contributed by atoms with Gasteiger partial charge in [-0.1, -0.05) is 30.1 Å². The Balaban J connectivity index is 3.12. The van der Waals surface area contributed by atoms with Gasteiger partial charge in [-0.2, -0.15) is 0 Å². The molecule has 4 nitrogen and oxygen atoms in total. The number of sulfonamides is 1. The van der Waals surface area contributed by atoms with Gasteiger partial charge in [0.15, 0.2) is 0 Å². The second kappa shape index (κ2) is 7.51. The molecule has 0 aliphatic rings. The Bertz CT molecular complexity index is 568. The first-order valence-corrected chi connectivity index (χ1v) is 7.99. The number of nitrogens with one attached hydrogen (secondary N) is 2. The van der Waals surface area contributed by atoms with Crippen LogP contribution in [0.15, 0.2) is 17.0 Å². The topological polar surface area (TPSA) is 58.2 Å². The zero-order valence-electron chi connectivity index (χ0n) is 10.6. The van der Waals surface area contributed by atoms with Crippen LogP contribution in [0.2, 0.25) is 10.0 Å². The summed E-state index contributed by atoms with van der Waals surface area (Å²) in [6, 6.07) is 2.56. The highest BCUT2D eigenvalue weighted by Gasteiger charge is 2.22. The average Bonchev–Trinajstić information content (AvgIpc) is 2.36. The molecule has 0 saturated carbocycles. The molecule has 0 amide bonds. The summed E-state index contributed by atoms with van der Waals surface area (Å²) in [6.07, 6.45) is -2.78. The summed E-state index contributed by atoms with van der Waals surface area (Å²) < 4.78 is 49.8. The normalized spacial score (nSPS) is 12.1. The number of hydrogen-bond acceptors (Lipinski definition) is 3. The summed E-state index contributed by atoms with van der Waals surface area (Å²) in [5, 5.41) is 3.21. The van der Waals surface area contributed by atoms with Crippen LogP contribution in [0.25, 0.3) is 0 Å². The molecule has 0 spiro atoms. The van der Waals surface area contributed by atoms with Gasteiger partial charge in [0.25, 0.3) is 6.43 Å². The van der Waals surface area contributed by atoms with Gasteiger partial charge in [0, 0.05) is 17.1 Å². The lowest BCUT2D eigenvalue weighted by molar-refractivity contribution is 0.153. The molecular formula is C11H14Cl2F2N2O2S. The quantitative estimate of drug-likeness (QED) is 0.797. The van der Waals surface area contributed by atoms with Gasteiger partial charge in [0.1, 0.15) is 4.90 Å². The fourth-order valence-electron chi connectivity index (χ4n) is 1.45. The van der Waals surface area contributed by atoms with E-state index in [0.717, 1.165) is 0 Å². The average molecular weight is 347 g/mol. The smallest absolute Gasteiger partial charge is 0.251 e. The Morgan fingerprint density at radius 2 is 1.95 bits per heavy atom. The molecule has 0 saturated heterocycles. The summed E-state index contributed by atoms with van der Waals surface area (Å²) in [5.74, 6) is 0. The molecule has 0 atom stereocenters. The molecule has 114 valence electrons. The molecule has 0 heterocycles. The molecule has 0 radical (unpaired) electrons. The number of rotatable bonds is 7. The van der Waals surface area contributed by atoms with E-state index in [0.29, 0.717) is 17.1 Å². The first kappa shape index (κ1) is 17.6. The molecule has 0 unspecified atom stereocenters. The minimum atomic E-state index is -4.10. The van der Waals surface area contributed by atoms with E-state index in [9.17, 15) is 17.2 Å².